The van der Waals surface area contributed by atoms with Crippen molar-refractivity contribution in [2.45, 2.75) is 18.6 Å². The fraction of sp³-hybridized carbons (Fsp3) is 0.273. The van der Waals surface area contributed by atoms with Crippen LogP contribution in [0.15, 0.2) is 30.9 Å². The van der Waals surface area contributed by atoms with Gasteiger partial charge in [-0.15, -0.1) is 6.58 Å². The normalized spacial score (nSPS) is 13.6. The minimum atomic E-state index is -4.68. The van der Waals surface area contributed by atoms with Crippen LogP contribution in [0.4, 0.5) is 17.6 Å². The van der Waals surface area contributed by atoms with Crippen LogP contribution in [-0.2, 0) is 6.18 Å². The van der Waals surface area contributed by atoms with Gasteiger partial charge in [-0.2, -0.15) is 13.2 Å². The highest BCUT2D eigenvalue weighted by atomic mass is 19.4. The third-order valence-corrected chi connectivity index (χ3v) is 2.15. The maximum absolute atomic E-state index is 13.1. The number of halogens is 4. The van der Waals surface area contributed by atoms with E-state index in [0.29, 0.717) is 18.1 Å². The lowest BCUT2D eigenvalue weighted by Crippen LogP contribution is -2.12. The molecule has 0 aliphatic heterocycles. The Hall–Kier alpha value is -1.36. The molecular formula is C11H11F4N. The predicted octanol–water partition coefficient (Wildman–Crippen LogP) is 3.42. The first-order valence-corrected chi connectivity index (χ1v) is 4.59. The van der Waals surface area contributed by atoms with Gasteiger partial charge in [0, 0.05) is 6.04 Å². The Morgan fingerprint density at radius 1 is 1.38 bits per heavy atom. The molecule has 1 nitrogen and oxygen atoms in total. The average molecular weight is 233 g/mol. The zero-order valence-electron chi connectivity index (χ0n) is 8.39. The number of benzene rings is 1. The Labute approximate surface area is 90.6 Å². The molecule has 0 aliphatic carbocycles. The molecule has 0 saturated heterocycles. The Morgan fingerprint density at radius 2 is 2.00 bits per heavy atom. The van der Waals surface area contributed by atoms with Crippen LogP contribution in [0.5, 0.6) is 0 Å². The van der Waals surface area contributed by atoms with Gasteiger partial charge in [0.25, 0.3) is 0 Å². The van der Waals surface area contributed by atoms with E-state index < -0.39 is 23.6 Å². The summed E-state index contributed by atoms with van der Waals surface area (Å²) < 4.78 is 49.9. The average Bonchev–Trinajstić information content (AvgIpc) is 2.16. The standard InChI is InChI=1S/C11H11F4N/c1-2-3-10(16)7-4-5-8(9(12)6-7)11(13,14)15/h2,4-6,10H,1,3,16H2/t10-/m0/s1. The molecule has 0 radical (unpaired) electrons. The Kier molecular flexibility index (Phi) is 3.70. The van der Waals surface area contributed by atoms with Gasteiger partial charge in [0.15, 0.2) is 0 Å². The first kappa shape index (κ1) is 12.7. The molecule has 0 heterocycles. The Balaban J connectivity index is 3.04. The molecule has 0 bridgehead atoms. The van der Waals surface area contributed by atoms with E-state index in [2.05, 4.69) is 6.58 Å². The van der Waals surface area contributed by atoms with Crippen molar-refractivity contribution in [1.29, 1.82) is 0 Å². The summed E-state index contributed by atoms with van der Waals surface area (Å²) in [6.45, 7) is 3.45. The van der Waals surface area contributed by atoms with Crippen LogP contribution in [-0.4, -0.2) is 0 Å². The third kappa shape index (κ3) is 2.82. The Morgan fingerprint density at radius 3 is 2.44 bits per heavy atom. The van der Waals surface area contributed by atoms with Gasteiger partial charge in [-0.25, -0.2) is 4.39 Å². The summed E-state index contributed by atoms with van der Waals surface area (Å²) in [5.41, 5.74) is 4.66. The zero-order chi connectivity index (χ0) is 12.3. The minimum Gasteiger partial charge on any atom is -0.324 e. The smallest absolute Gasteiger partial charge is 0.324 e. The van der Waals surface area contributed by atoms with E-state index in [1.807, 2.05) is 0 Å². The minimum absolute atomic E-state index is 0.324. The maximum atomic E-state index is 13.1. The van der Waals surface area contributed by atoms with Gasteiger partial charge >= 0.3 is 6.18 Å². The molecule has 1 aromatic rings. The van der Waals surface area contributed by atoms with E-state index in [1.54, 1.807) is 0 Å². The van der Waals surface area contributed by atoms with Crippen LogP contribution in [0, 0.1) is 5.82 Å². The lowest BCUT2D eigenvalue weighted by atomic mass is 10.0. The van der Waals surface area contributed by atoms with Crippen LogP contribution >= 0.6 is 0 Å². The number of hydrogen-bond donors (Lipinski definition) is 1. The molecule has 1 atom stereocenters. The van der Waals surface area contributed by atoms with Crippen molar-refractivity contribution < 1.29 is 17.6 Å². The third-order valence-electron chi connectivity index (χ3n) is 2.15. The monoisotopic (exact) mass is 233 g/mol. The molecule has 88 valence electrons. The topological polar surface area (TPSA) is 26.0 Å². The van der Waals surface area contributed by atoms with Crippen LogP contribution in [0.25, 0.3) is 0 Å². The van der Waals surface area contributed by atoms with Gasteiger partial charge in [0.05, 0.1) is 5.56 Å². The highest BCUT2D eigenvalue weighted by molar-refractivity contribution is 5.28. The van der Waals surface area contributed by atoms with E-state index in [0.717, 1.165) is 6.07 Å². The van der Waals surface area contributed by atoms with E-state index in [-0.39, 0.29) is 0 Å². The van der Waals surface area contributed by atoms with E-state index >= 15 is 0 Å². The van der Waals surface area contributed by atoms with Crippen molar-refractivity contribution >= 4 is 0 Å². The highest BCUT2D eigenvalue weighted by Crippen LogP contribution is 2.32. The molecule has 0 unspecified atom stereocenters. The molecule has 0 fully saturated rings. The molecule has 5 heteroatoms. The highest BCUT2D eigenvalue weighted by Gasteiger charge is 2.34. The second kappa shape index (κ2) is 4.65. The van der Waals surface area contributed by atoms with Crippen LogP contribution in [0.3, 0.4) is 0 Å². The van der Waals surface area contributed by atoms with Crippen LogP contribution in [0.2, 0.25) is 0 Å². The van der Waals surface area contributed by atoms with Gasteiger partial charge in [0.1, 0.15) is 5.82 Å². The van der Waals surface area contributed by atoms with Crippen molar-refractivity contribution in [3.8, 4) is 0 Å². The molecule has 0 saturated carbocycles. The predicted molar refractivity (Wildman–Crippen MR) is 53.1 cm³/mol. The summed E-state index contributed by atoms with van der Waals surface area (Å²) in [6.07, 6.45) is -2.77. The van der Waals surface area contributed by atoms with Crippen LogP contribution in [0.1, 0.15) is 23.6 Å². The van der Waals surface area contributed by atoms with E-state index in [1.165, 1.54) is 12.1 Å². The first-order chi connectivity index (χ1) is 7.36. The van der Waals surface area contributed by atoms with Crippen molar-refractivity contribution in [3.05, 3.63) is 47.8 Å². The lowest BCUT2D eigenvalue weighted by molar-refractivity contribution is -0.140. The summed E-state index contributed by atoms with van der Waals surface area (Å²) in [5.74, 6) is -1.30. The number of alkyl halides is 3. The summed E-state index contributed by atoms with van der Waals surface area (Å²) in [4.78, 5) is 0. The van der Waals surface area contributed by atoms with E-state index in [9.17, 15) is 17.6 Å². The summed E-state index contributed by atoms with van der Waals surface area (Å²) in [7, 11) is 0. The molecule has 1 aromatic carbocycles. The molecule has 16 heavy (non-hydrogen) atoms. The second-order valence-corrected chi connectivity index (χ2v) is 3.37. The van der Waals surface area contributed by atoms with Gasteiger partial charge in [-0.3, -0.25) is 0 Å². The van der Waals surface area contributed by atoms with Crippen molar-refractivity contribution in [1.82, 2.24) is 0 Å². The molecule has 2 N–H and O–H groups in total. The van der Waals surface area contributed by atoms with Gasteiger partial charge in [-0.05, 0) is 24.1 Å². The fourth-order valence-electron chi connectivity index (χ4n) is 1.31. The number of hydrogen-bond acceptors (Lipinski definition) is 1. The van der Waals surface area contributed by atoms with Gasteiger partial charge in [0.2, 0.25) is 0 Å². The maximum Gasteiger partial charge on any atom is 0.419 e. The van der Waals surface area contributed by atoms with Crippen LogP contribution < -0.4 is 5.73 Å². The quantitative estimate of drug-likeness (QED) is 0.628. The largest absolute Gasteiger partial charge is 0.419 e. The Bertz CT molecular complexity index is 384. The molecular weight excluding hydrogens is 222 g/mol. The molecule has 0 aliphatic rings. The summed E-state index contributed by atoms with van der Waals surface area (Å²) in [5, 5.41) is 0. The SMILES string of the molecule is C=CC[C@H](N)c1ccc(C(F)(F)F)c(F)c1. The number of nitrogens with two attached hydrogens (primary N) is 1. The first-order valence-electron chi connectivity index (χ1n) is 4.59. The van der Waals surface area contributed by atoms with Crippen molar-refractivity contribution in [3.63, 3.8) is 0 Å². The van der Waals surface area contributed by atoms with Gasteiger partial charge in [-0.1, -0.05) is 12.1 Å². The molecule has 1 rings (SSSR count). The fourth-order valence-corrected chi connectivity index (χ4v) is 1.31. The lowest BCUT2D eigenvalue weighted by Gasteiger charge is -2.12. The number of rotatable bonds is 3. The molecule has 0 aromatic heterocycles. The van der Waals surface area contributed by atoms with Crippen molar-refractivity contribution in [2.24, 2.45) is 5.73 Å². The second-order valence-electron chi connectivity index (χ2n) is 3.37. The summed E-state index contributed by atoms with van der Waals surface area (Å²) >= 11 is 0. The molecule has 0 amide bonds. The van der Waals surface area contributed by atoms with E-state index in [4.69, 9.17) is 5.73 Å². The summed E-state index contributed by atoms with van der Waals surface area (Å²) in [6, 6.07) is 2.17. The zero-order valence-corrected chi connectivity index (χ0v) is 8.39. The van der Waals surface area contributed by atoms with Gasteiger partial charge < -0.3 is 5.73 Å². The molecule has 0 spiro atoms. The van der Waals surface area contributed by atoms with Crippen molar-refractivity contribution in [2.75, 3.05) is 0 Å².